The number of thiazole rings is 1. The first kappa shape index (κ1) is 15.9. The van der Waals surface area contributed by atoms with Gasteiger partial charge in [0.15, 0.2) is 11.4 Å². The molecule has 0 atom stereocenters. The third-order valence-corrected chi connectivity index (χ3v) is 5.68. The first-order valence-electron chi connectivity index (χ1n) is 8.22. The summed E-state index contributed by atoms with van der Waals surface area (Å²) in [6.45, 7) is 5.60. The molecule has 0 aliphatic rings. The van der Waals surface area contributed by atoms with Gasteiger partial charge in [0.25, 0.3) is 0 Å². The summed E-state index contributed by atoms with van der Waals surface area (Å²) in [5.74, 6) is 0.0153. The lowest BCUT2D eigenvalue weighted by molar-refractivity contribution is 0.0983. The van der Waals surface area contributed by atoms with Crippen molar-refractivity contribution < 1.29 is 14.3 Å². The van der Waals surface area contributed by atoms with Crippen molar-refractivity contribution in [2.45, 2.75) is 33.6 Å². The Morgan fingerprint density at radius 2 is 2.08 bits per heavy atom. The lowest BCUT2D eigenvalue weighted by Crippen LogP contribution is -2.04. The fourth-order valence-electron chi connectivity index (χ4n) is 3.29. The van der Waals surface area contributed by atoms with Crippen LogP contribution in [0.5, 0.6) is 5.75 Å². The molecule has 0 fully saturated rings. The molecule has 0 unspecified atom stereocenters. The zero-order chi connectivity index (χ0) is 17.9. The van der Waals surface area contributed by atoms with Crippen LogP contribution in [0.25, 0.3) is 26.8 Å². The largest absolute Gasteiger partial charge is 0.508 e. The summed E-state index contributed by atoms with van der Waals surface area (Å²) < 4.78 is 7.78. The van der Waals surface area contributed by atoms with Gasteiger partial charge in [-0.2, -0.15) is 0 Å². The van der Waals surface area contributed by atoms with Gasteiger partial charge in [0.05, 0.1) is 5.39 Å². The Kier molecular flexibility index (Phi) is 3.47. The number of hydrogen-bond donors (Lipinski definition) is 1. The number of aromatic hydroxyl groups is 1. The number of phenols is 1. The van der Waals surface area contributed by atoms with Gasteiger partial charge in [-0.3, -0.25) is 14.0 Å². The number of carbonyl (C=O) groups is 1. The third-order valence-electron chi connectivity index (χ3n) is 4.61. The molecule has 0 aliphatic heterocycles. The Morgan fingerprint density at radius 3 is 2.76 bits per heavy atom. The molecule has 4 aromatic rings. The van der Waals surface area contributed by atoms with Gasteiger partial charge in [-0.05, 0) is 25.0 Å². The van der Waals surface area contributed by atoms with E-state index in [2.05, 4.69) is 0 Å². The highest BCUT2D eigenvalue weighted by molar-refractivity contribution is 7.16. The van der Waals surface area contributed by atoms with Crippen LogP contribution in [0.4, 0.5) is 0 Å². The van der Waals surface area contributed by atoms with E-state index in [1.807, 2.05) is 23.6 Å². The fraction of sp³-hybridized carbons (Fsp3) is 0.263. The van der Waals surface area contributed by atoms with E-state index in [0.717, 1.165) is 10.5 Å². The van der Waals surface area contributed by atoms with E-state index in [0.29, 0.717) is 46.0 Å². The summed E-state index contributed by atoms with van der Waals surface area (Å²) in [5, 5.41) is 12.9. The molecular weight excluding hydrogens is 338 g/mol. The minimum Gasteiger partial charge on any atom is -0.508 e. The van der Waals surface area contributed by atoms with Crippen molar-refractivity contribution >= 4 is 43.9 Å². The summed E-state index contributed by atoms with van der Waals surface area (Å²) in [7, 11) is 0. The summed E-state index contributed by atoms with van der Waals surface area (Å²) in [5.41, 5.74) is 2.44. The first-order valence-corrected chi connectivity index (χ1v) is 9.10. The minimum atomic E-state index is -0.166. The van der Waals surface area contributed by atoms with Gasteiger partial charge in [0, 0.05) is 23.6 Å². The van der Waals surface area contributed by atoms with Crippen LogP contribution in [-0.2, 0) is 6.42 Å². The maximum absolute atomic E-state index is 13.2. The highest BCUT2D eigenvalue weighted by Crippen LogP contribution is 2.34. The van der Waals surface area contributed by atoms with Crippen LogP contribution in [0.3, 0.4) is 0 Å². The van der Waals surface area contributed by atoms with Crippen LogP contribution in [0.1, 0.15) is 42.0 Å². The van der Waals surface area contributed by atoms with Crippen molar-refractivity contribution in [1.82, 2.24) is 4.40 Å². The summed E-state index contributed by atoms with van der Waals surface area (Å²) in [6, 6.07) is 3.15. The minimum absolute atomic E-state index is 0.0802. The number of hydrogen-bond acceptors (Lipinski definition) is 5. The van der Waals surface area contributed by atoms with Gasteiger partial charge >= 0.3 is 0 Å². The van der Waals surface area contributed by atoms with Gasteiger partial charge in [-0.15, -0.1) is 11.3 Å². The molecule has 25 heavy (non-hydrogen) atoms. The summed E-state index contributed by atoms with van der Waals surface area (Å²) >= 11 is 1.43. The van der Waals surface area contributed by atoms with Crippen molar-refractivity contribution in [3.63, 3.8) is 0 Å². The summed E-state index contributed by atoms with van der Waals surface area (Å²) in [6.07, 6.45) is 0.931. The topological polar surface area (TPSA) is 71.9 Å². The van der Waals surface area contributed by atoms with E-state index in [-0.39, 0.29) is 17.0 Å². The van der Waals surface area contributed by atoms with E-state index >= 15 is 0 Å². The quantitative estimate of drug-likeness (QED) is 0.552. The predicted octanol–water partition coefficient (Wildman–Crippen LogP) is 4.43. The van der Waals surface area contributed by atoms with Crippen molar-refractivity contribution in [3.05, 3.63) is 44.7 Å². The number of ketones is 1. The molecule has 6 heteroatoms. The molecule has 0 radical (unpaired) electrons. The van der Waals surface area contributed by atoms with Crippen LogP contribution in [0.15, 0.2) is 26.7 Å². The molecule has 128 valence electrons. The number of aromatic nitrogens is 1. The second-order valence-corrected chi connectivity index (χ2v) is 6.97. The number of benzene rings is 1. The molecule has 0 saturated carbocycles. The molecule has 0 aliphatic carbocycles. The van der Waals surface area contributed by atoms with Crippen LogP contribution in [-0.4, -0.2) is 15.3 Å². The average molecular weight is 355 g/mol. The standard InChI is InChI=1S/C19H17NO4S/c1-4-10-6-11-14(7-13(10)22)24-18-15(17(11)23)19-20(9(3)8-25-19)16(18)12(21)5-2/h6-8,22H,4-5H2,1-3H3. The van der Waals surface area contributed by atoms with Crippen LogP contribution < -0.4 is 5.43 Å². The highest BCUT2D eigenvalue weighted by atomic mass is 32.1. The normalized spacial score (nSPS) is 11.8. The molecule has 0 saturated heterocycles. The number of fused-ring (bicyclic) bond motifs is 4. The van der Waals surface area contributed by atoms with Crippen molar-refractivity contribution in [2.24, 2.45) is 0 Å². The Hall–Kier alpha value is -2.60. The van der Waals surface area contributed by atoms with Crippen LogP contribution >= 0.6 is 11.3 Å². The Balaban J connectivity index is 2.28. The van der Waals surface area contributed by atoms with E-state index in [9.17, 15) is 14.7 Å². The lowest BCUT2D eigenvalue weighted by Gasteiger charge is -2.05. The highest BCUT2D eigenvalue weighted by Gasteiger charge is 2.25. The third kappa shape index (κ3) is 2.07. The second kappa shape index (κ2) is 5.46. The second-order valence-electron chi connectivity index (χ2n) is 6.11. The first-order chi connectivity index (χ1) is 12.0. The molecule has 1 N–H and O–H groups in total. The molecule has 0 amide bonds. The van der Waals surface area contributed by atoms with Gasteiger partial charge in [-0.25, -0.2) is 0 Å². The molecule has 1 aromatic carbocycles. The molecule has 0 spiro atoms. The molecule has 0 bridgehead atoms. The molecule has 4 rings (SSSR count). The lowest BCUT2D eigenvalue weighted by atomic mass is 10.1. The number of aryl methyl sites for hydroxylation is 2. The Morgan fingerprint density at radius 1 is 1.32 bits per heavy atom. The predicted molar refractivity (Wildman–Crippen MR) is 99.2 cm³/mol. The molecular formula is C19H17NO4S. The Bertz CT molecular complexity index is 1230. The number of Topliss-reactive ketones (excluding diaryl/α,β-unsaturated/α-hetero) is 1. The molecule has 3 aromatic heterocycles. The van der Waals surface area contributed by atoms with Gasteiger partial charge in [0.1, 0.15) is 27.2 Å². The monoisotopic (exact) mass is 355 g/mol. The maximum Gasteiger partial charge on any atom is 0.203 e. The smallest absolute Gasteiger partial charge is 0.203 e. The number of phenolic OH excluding ortho intramolecular Hbond substituents is 1. The maximum atomic E-state index is 13.2. The Labute approximate surface area is 147 Å². The van der Waals surface area contributed by atoms with E-state index in [1.165, 1.54) is 17.4 Å². The zero-order valence-electron chi connectivity index (χ0n) is 14.2. The summed E-state index contributed by atoms with van der Waals surface area (Å²) in [4.78, 5) is 26.4. The number of rotatable bonds is 3. The van der Waals surface area contributed by atoms with E-state index in [1.54, 1.807) is 13.0 Å². The fourth-order valence-corrected chi connectivity index (χ4v) is 4.33. The number of carbonyl (C=O) groups excluding carboxylic acids is 1. The van der Waals surface area contributed by atoms with Gasteiger partial charge in [-0.1, -0.05) is 13.8 Å². The van der Waals surface area contributed by atoms with E-state index < -0.39 is 0 Å². The zero-order valence-corrected chi connectivity index (χ0v) is 15.0. The average Bonchev–Trinajstić information content (AvgIpc) is 3.11. The van der Waals surface area contributed by atoms with Gasteiger partial charge < -0.3 is 9.52 Å². The number of nitrogens with zero attached hydrogens (tertiary/aromatic N) is 1. The van der Waals surface area contributed by atoms with Crippen molar-refractivity contribution in [1.29, 1.82) is 0 Å². The van der Waals surface area contributed by atoms with Crippen molar-refractivity contribution in [3.8, 4) is 5.75 Å². The van der Waals surface area contributed by atoms with Crippen LogP contribution in [0, 0.1) is 6.92 Å². The van der Waals surface area contributed by atoms with E-state index in [4.69, 9.17) is 4.42 Å². The molecule has 3 heterocycles. The van der Waals surface area contributed by atoms with Crippen LogP contribution in [0.2, 0.25) is 0 Å². The molecule has 5 nitrogen and oxygen atoms in total. The SMILES string of the molecule is CCC(=O)c1c2oc3cc(O)c(CC)cc3c(=O)c2c2scc(C)n12. The van der Waals surface area contributed by atoms with Gasteiger partial charge in [0.2, 0.25) is 5.43 Å². The van der Waals surface area contributed by atoms with Crippen molar-refractivity contribution in [2.75, 3.05) is 0 Å².